The number of carbonyl (C=O) groups excluding carboxylic acids is 1. The zero-order valence-corrected chi connectivity index (χ0v) is 11.0. The van der Waals surface area contributed by atoms with Crippen molar-refractivity contribution in [3.63, 3.8) is 0 Å². The van der Waals surface area contributed by atoms with Crippen molar-refractivity contribution in [2.24, 2.45) is 0 Å². The predicted molar refractivity (Wildman–Crippen MR) is 74.0 cm³/mol. The lowest BCUT2D eigenvalue weighted by Gasteiger charge is -2.03. The number of rotatable bonds is 4. The van der Waals surface area contributed by atoms with E-state index in [1.807, 2.05) is 24.3 Å². The largest absolute Gasteiger partial charge is 0.497 e. The van der Waals surface area contributed by atoms with Crippen LogP contribution in [0.2, 0.25) is 0 Å². The Morgan fingerprint density at radius 1 is 1.35 bits per heavy atom. The summed E-state index contributed by atoms with van der Waals surface area (Å²) in [5.74, 6) is 0.762. The molecule has 0 fully saturated rings. The fraction of sp³-hybridized carbons (Fsp3) is 0.133. The molecule has 0 radical (unpaired) electrons. The number of Topliss-reactive ketones (excluding diaryl/α,β-unsaturated/α-hetero) is 1. The average molecular weight is 267 g/mol. The third-order valence-electron chi connectivity index (χ3n) is 3.12. The van der Waals surface area contributed by atoms with Crippen molar-refractivity contribution in [3.8, 4) is 5.75 Å². The second-order valence-electron chi connectivity index (χ2n) is 4.42. The molecule has 20 heavy (non-hydrogen) atoms. The molecule has 0 amide bonds. The first kappa shape index (κ1) is 12.3. The topological polar surface area (TPSA) is 56.5 Å². The summed E-state index contributed by atoms with van der Waals surface area (Å²) in [6.45, 7) is 0. The third-order valence-corrected chi connectivity index (χ3v) is 3.12. The lowest BCUT2D eigenvalue weighted by molar-refractivity contribution is 0.0994. The molecule has 0 aliphatic rings. The molecule has 100 valence electrons. The maximum Gasteiger partial charge on any atom is 0.171 e. The van der Waals surface area contributed by atoms with Gasteiger partial charge in [0.05, 0.1) is 30.6 Å². The van der Waals surface area contributed by atoms with Crippen LogP contribution in [0.3, 0.4) is 0 Å². The second-order valence-corrected chi connectivity index (χ2v) is 4.42. The predicted octanol–water partition coefficient (Wildman–Crippen LogP) is 2.16. The highest BCUT2D eigenvalue weighted by atomic mass is 16.5. The number of nitrogens with zero attached hydrogens (tertiary/aromatic N) is 3. The van der Waals surface area contributed by atoms with Crippen molar-refractivity contribution >= 4 is 11.3 Å². The van der Waals surface area contributed by atoms with E-state index in [1.165, 1.54) is 0 Å². The second kappa shape index (κ2) is 5.13. The third kappa shape index (κ3) is 2.25. The van der Waals surface area contributed by atoms with E-state index in [0.717, 1.165) is 16.8 Å². The van der Waals surface area contributed by atoms with Crippen LogP contribution in [-0.4, -0.2) is 27.5 Å². The van der Waals surface area contributed by atoms with Gasteiger partial charge in [-0.05, 0) is 17.7 Å². The van der Waals surface area contributed by atoms with E-state index in [4.69, 9.17) is 4.74 Å². The van der Waals surface area contributed by atoms with E-state index >= 15 is 0 Å². The summed E-state index contributed by atoms with van der Waals surface area (Å²) in [4.78, 5) is 16.4. The molecule has 0 spiro atoms. The summed E-state index contributed by atoms with van der Waals surface area (Å²) >= 11 is 0. The number of methoxy groups -OCH3 is 1. The monoisotopic (exact) mass is 267 g/mol. The molecular weight excluding hydrogens is 254 g/mol. The summed E-state index contributed by atoms with van der Waals surface area (Å²) in [5, 5.41) is 4.15. The molecule has 3 rings (SSSR count). The van der Waals surface area contributed by atoms with Crippen LogP contribution in [0.1, 0.15) is 15.9 Å². The van der Waals surface area contributed by atoms with E-state index in [0.29, 0.717) is 12.0 Å². The van der Waals surface area contributed by atoms with Crippen molar-refractivity contribution in [3.05, 3.63) is 60.2 Å². The smallest absolute Gasteiger partial charge is 0.171 e. The quantitative estimate of drug-likeness (QED) is 0.680. The zero-order chi connectivity index (χ0) is 13.9. The Kier molecular flexibility index (Phi) is 3.16. The van der Waals surface area contributed by atoms with Crippen LogP contribution in [-0.2, 0) is 6.42 Å². The standard InChI is InChI=1S/C15H13N3O2/c1-20-12-4-2-3-11(7-12)8-15(19)13-9-17-18-6-5-16-10-14(13)18/h2-7,9-10H,8H2,1H3. The number of carbonyl (C=O) groups is 1. The Balaban J connectivity index is 1.89. The Labute approximate surface area is 115 Å². The molecule has 0 saturated carbocycles. The van der Waals surface area contributed by atoms with E-state index in [-0.39, 0.29) is 5.78 Å². The lowest BCUT2D eigenvalue weighted by atomic mass is 10.0. The molecule has 0 N–H and O–H groups in total. The molecule has 2 aromatic heterocycles. The van der Waals surface area contributed by atoms with Gasteiger partial charge in [-0.3, -0.25) is 9.78 Å². The molecule has 0 unspecified atom stereocenters. The van der Waals surface area contributed by atoms with Crippen molar-refractivity contribution < 1.29 is 9.53 Å². The van der Waals surface area contributed by atoms with Gasteiger partial charge in [-0.1, -0.05) is 12.1 Å². The van der Waals surface area contributed by atoms with Gasteiger partial charge in [0.2, 0.25) is 0 Å². The molecule has 0 aliphatic heterocycles. The first-order valence-corrected chi connectivity index (χ1v) is 6.21. The highest BCUT2D eigenvalue weighted by molar-refractivity contribution is 6.03. The summed E-state index contributed by atoms with van der Waals surface area (Å²) < 4.78 is 6.80. The lowest BCUT2D eigenvalue weighted by Crippen LogP contribution is -2.03. The van der Waals surface area contributed by atoms with Crippen LogP contribution >= 0.6 is 0 Å². The summed E-state index contributed by atoms with van der Waals surface area (Å²) in [7, 11) is 1.61. The van der Waals surface area contributed by atoms with Crippen molar-refractivity contribution in [1.29, 1.82) is 0 Å². The van der Waals surface area contributed by atoms with E-state index in [1.54, 1.807) is 36.4 Å². The molecule has 5 nitrogen and oxygen atoms in total. The van der Waals surface area contributed by atoms with Crippen molar-refractivity contribution in [1.82, 2.24) is 14.6 Å². The summed E-state index contributed by atoms with van der Waals surface area (Å²) in [6.07, 6.45) is 6.90. The SMILES string of the molecule is COc1cccc(CC(=O)c2cnn3ccncc23)c1. The molecule has 2 heterocycles. The van der Waals surface area contributed by atoms with E-state index < -0.39 is 0 Å². The average Bonchev–Trinajstić information content (AvgIpc) is 2.91. The number of hydrogen-bond donors (Lipinski definition) is 0. The first-order chi connectivity index (χ1) is 9.78. The fourth-order valence-electron chi connectivity index (χ4n) is 2.11. The van der Waals surface area contributed by atoms with Gasteiger partial charge in [-0.25, -0.2) is 4.52 Å². The Morgan fingerprint density at radius 3 is 3.10 bits per heavy atom. The van der Waals surface area contributed by atoms with Crippen LogP contribution in [0, 0.1) is 0 Å². The highest BCUT2D eigenvalue weighted by Gasteiger charge is 2.13. The minimum absolute atomic E-state index is 0.0150. The van der Waals surface area contributed by atoms with Gasteiger partial charge in [-0.2, -0.15) is 5.10 Å². The van der Waals surface area contributed by atoms with Crippen molar-refractivity contribution in [2.45, 2.75) is 6.42 Å². The van der Waals surface area contributed by atoms with Crippen LogP contribution in [0.25, 0.3) is 5.52 Å². The number of aromatic nitrogens is 3. The number of benzene rings is 1. The van der Waals surface area contributed by atoms with E-state index in [2.05, 4.69) is 10.1 Å². The first-order valence-electron chi connectivity index (χ1n) is 6.21. The number of ether oxygens (including phenoxy) is 1. The molecule has 0 atom stereocenters. The van der Waals surface area contributed by atoms with Gasteiger partial charge in [-0.15, -0.1) is 0 Å². The Hall–Kier alpha value is -2.69. The van der Waals surface area contributed by atoms with Crippen LogP contribution < -0.4 is 4.74 Å². The Bertz CT molecular complexity index is 764. The highest BCUT2D eigenvalue weighted by Crippen LogP contribution is 2.16. The fourth-order valence-corrected chi connectivity index (χ4v) is 2.11. The number of ketones is 1. The number of hydrogen-bond acceptors (Lipinski definition) is 4. The van der Waals surface area contributed by atoms with Crippen LogP contribution in [0.15, 0.2) is 49.1 Å². The zero-order valence-electron chi connectivity index (χ0n) is 11.0. The number of fused-ring (bicyclic) bond motifs is 1. The van der Waals surface area contributed by atoms with E-state index in [9.17, 15) is 4.79 Å². The van der Waals surface area contributed by atoms with Crippen LogP contribution in [0.4, 0.5) is 0 Å². The minimum atomic E-state index is 0.0150. The molecule has 0 bridgehead atoms. The summed E-state index contributed by atoms with van der Waals surface area (Å²) in [6, 6.07) is 7.50. The van der Waals surface area contributed by atoms with Gasteiger partial charge < -0.3 is 4.74 Å². The van der Waals surface area contributed by atoms with Gasteiger partial charge in [0.15, 0.2) is 5.78 Å². The maximum atomic E-state index is 12.4. The van der Waals surface area contributed by atoms with Gasteiger partial charge in [0, 0.05) is 18.8 Å². The van der Waals surface area contributed by atoms with Gasteiger partial charge in [0.1, 0.15) is 5.75 Å². The molecule has 1 aromatic carbocycles. The van der Waals surface area contributed by atoms with Gasteiger partial charge >= 0.3 is 0 Å². The molecule has 0 aliphatic carbocycles. The van der Waals surface area contributed by atoms with Crippen molar-refractivity contribution in [2.75, 3.05) is 7.11 Å². The van der Waals surface area contributed by atoms with Crippen LogP contribution in [0.5, 0.6) is 5.75 Å². The minimum Gasteiger partial charge on any atom is -0.497 e. The molecule has 5 heteroatoms. The molecular formula is C15H13N3O2. The maximum absolute atomic E-state index is 12.4. The van der Waals surface area contributed by atoms with Gasteiger partial charge in [0.25, 0.3) is 0 Å². The normalized spacial score (nSPS) is 10.7. The Morgan fingerprint density at radius 2 is 2.25 bits per heavy atom. The molecule has 3 aromatic rings. The molecule has 0 saturated heterocycles. The summed E-state index contributed by atoms with van der Waals surface area (Å²) in [5.41, 5.74) is 2.22.